The summed E-state index contributed by atoms with van der Waals surface area (Å²) < 4.78 is 34.2. The summed E-state index contributed by atoms with van der Waals surface area (Å²) in [4.78, 5) is 12.3. The highest BCUT2D eigenvalue weighted by atomic mass is 35.5. The Morgan fingerprint density at radius 1 is 1.09 bits per heavy atom. The summed E-state index contributed by atoms with van der Waals surface area (Å²) in [5.41, 5.74) is 3.34. The first kappa shape index (κ1) is 25.8. The van der Waals surface area contributed by atoms with Crippen molar-refractivity contribution in [3.05, 3.63) is 81.1 Å². The number of aromatic carboxylic acids is 1. The van der Waals surface area contributed by atoms with Crippen LogP contribution < -0.4 is 4.74 Å². The van der Waals surface area contributed by atoms with Gasteiger partial charge in [-0.2, -0.15) is 0 Å². The fraction of sp³-hybridized carbons (Fsp3) is 0.346. The van der Waals surface area contributed by atoms with E-state index in [1.54, 1.807) is 42.7 Å². The van der Waals surface area contributed by atoms with Gasteiger partial charge in [-0.25, -0.2) is 13.2 Å². The second-order valence-electron chi connectivity index (χ2n) is 8.37. The quantitative estimate of drug-likeness (QED) is 0.355. The molecule has 0 radical (unpaired) electrons. The smallest absolute Gasteiger partial charge is 0.352 e. The fourth-order valence-electron chi connectivity index (χ4n) is 4.31. The Bertz CT molecular complexity index is 1270. The number of carboxylic acids is 1. The molecule has 1 aromatic heterocycles. The minimum absolute atomic E-state index is 0.0322. The van der Waals surface area contributed by atoms with Gasteiger partial charge in [0, 0.05) is 22.8 Å². The van der Waals surface area contributed by atoms with Gasteiger partial charge >= 0.3 is 5.97 Å². The topological polar surface area (TPSA) is 85.6 Å². The van der Waals surface area contributed by atoms with Crippen LogP contribution in [0.3, 0.4) is 0 Å². The fourth-order valence-corrected chi connectivity index (χ4v) is 6.37. The summed E-state index contributed by atoms with van der Waals surface area (Å²) in [5, 5.41) is 10.6. The van der Waals surface area contributed by atoms with Crippen LogP contribution in [0, 0.1) is 20.8 Å². The molecule has 1 N–H and O–H groups in total. The Hall–Kier alpha value is -2.77. The van der Waals surface area contributed by atoms with Crippen LogP contribution in [0.5, 0.6) is 5.75 Å². The van der Waals surface area contributed by atoms with Gasteiger partial charge in [0.2, 0.25) is 0 Å². The van der Waals surface area contributed by atoms with Crippen molar-refractivity contribution < 1.29 is 23.1 Å². The van der Waals surface area contributed by atoms with Crippen LogP contribution in [0.25, 0.3) is 0 Å². The normalized spacial score (nSPS) is 11.6. The summed E-state index contributed by atoms with van der Waals surface area (Å²) in [5.74, 6) is -0.614. The third-order valence-corrected chi connectivity index (χ3v) is 8.31. The number of carboxylic acid groups (broad SMARTS) is 1. The Balaban J connectivity index is 1.86. The number of ether oxygens (including phenoxy) is 1. The van der Waals surface area contributed by atoms with E-state index in [1.807, 2.05) is 32.0 Å². The van der Waals surface area contributed by atoms with Crippen molar-refractivity contribution >= 4 is 27.4 Å². The summed E-state index contributed by atoms with van der Waals surface area (Å²) in [6.07, 6.45) is 0.816. The van der Waals surface area contributed by atoms with Gasteiger partial charge in [-0.3, -0.25) is 0 Å². The number of carbonyl (C=O) groups is 1. The zero-order chi connectivity index (χ0) is 25.0. The number of benzene rings is 2. The Labute approximate surface area is 206 Å². The number of hydrogen-bond acceptors (Lipinski definition) is 4. The maximum atomic E-state index is 13.4. The van der Waals surface area contributed by atoms with E-state index >= 15 is 0 Å². The molecule has 8 heteroatoms. The van der Waals surface area contributed by atoms with E-state index in [0.717, 1.165) is 11.1 Å². The lowest BCUT2D eigenvalue weighted by Crippen LogP contribution is -2.13. The lowest BCUT2D eigenvalue weighted by atomic mass is 10.1. The van der Waals surface area contributed by atoms with Crippen LogP contribution in [0.2, 0.25) is 5.02 Å². The molecule has 0 unspecified atom stereocenters. The van der Waals surface area contributed by atoms with Crippen LogP contribution in [-0.2, 0) is 28.6 Å². The molecule has 0 saturated heterocycles. The highest BCUT2D eigenvalue weighted by Crippen LogP contribution is 2.31. The summed E-state index contributed by atoms with van der Waals surface area (Å²) in [6, 6.07) is 12.6. The SMILES string of the molecule is CCc1c(S(=O)(=O)Cc2ccccc2)c(C)n(CCCOc2cc(C)c(Cl)c(C)c2)c1C(=O)O. The molecular weight excluding hydrogens is 474 g/mol. The standard InChI is InChI=1S/C26H30ClNO5S/c1-5-22-24(26(29)30)28(12-9-13-33-21-14-17(2)23(27)18(3)15-21)19(4)25(22)34(31,32)16-20-10-7-6-8-11-20/h6-8,10-11,14-15H,5,9,12-13,16H2,1-4H3,(H,29,30). The molecule has 0 spiro atoms. The first-order chi connectivity index (χ1) is 16.1. The second kappa shape index (κ2) is 10.7. The maximum absolute atomic E-state index is 13.4. The van der Waals surface area contributed by atoms with E-state index in [1.165, 1.54) is 0 Å². The Morgan fingerprint density at radius 2 is 1.71 bits per heavy atom. The predicted molar refractivity (Wildman–Crippen MR) is 134 cm³/mol. The van der Waals surface area contributed by atoms with E-state index in [0.29, 0.717) is 53.6 Å². The van der Waals surface area contributed by atoms with E-state index in [9.17, 15) is 18.3 Å². The van der Waals surface area contributed by atoms with Crippen molar-refractivity contribution in [3.8, 4) is 5.75 Å². The van der Waals surface area contributed by atoms with Crippen molar-refractivity contribution in [2.75, 3.05) is 6.61 Å². The van der Waals surface area contributed by atoms with Crippen molar-refractivity contribution in [2.24, 2.45) is 0 Å². The van der Waals surface area contributed by atoms with Gasteiger partial charge < -0.3 is 14.4 Å². The average molecular weight is 504 g/mol. The molecule has 34 heavy (non-hydrogen) atoms. The number of rotatable bonds is 10. The zero-order valence-corrected chi connectivity index (χ0v) is 21.5. The van der Waals surface area contributed by atoms with Crippen molar-refractivity contribution in [3.63, 3.8) is 0 Å². The molecule has 0 aliphatic heterocycles. The molecule has 3 rings (SSSR count). The van der Waals surface area contributed by atoms with E-state index < -0.39 is 15.8 Å². The molecule has 6 nitrogen and oxygen atoms in total. The number of aryl methyl sites for hydroxylation is 2. The zero-order valence-electron chi connectivity index (χ0n) is 19.9. The van der Waals surface area contributed by atoms with Crippen LogP contribution in [0.15, 0.2) is 47.4 Å². The lowest BCUT2D eigenvalue weighted by Gasteiger charge is -2.12. The highest BCUT2D eigenvalue weighted by molar-refractivity contribution is 7.90. The molecule has 2 aromatic carbocycles. The molecule has 3 aromatic rings. The van der Waals surface area contributed by atoms with Gasteiger partial charge in [-0.15, -0.1) is 0 Å². The van der Waals surface area contributed by atoms with Crippen molar-refractivity contribution in [2.45, 2.75) is 57.7 Å². The van der Waals surface area contributed by atoms with Gasteiger partial charge in [0.25, 0.3) is 0 Å². The molecule has 0 fully saturated rings. The van der Waals surface area contributed by atoms with Gasteiger partial charge in [0.05, 0.1) is 17.3 Å². The van der Waals surface area contributed by atoms with E-state index in [-0.39, 0.29) is 16.3 Å². The molecule has 0 aliphatic rings. The number of hydrogen-bond donors (Lipinski definition) is 1. The molecule has 0 saturated carbocycles. The minimum atomic E-state index is -3.74. The highest BCUT2D eigenvalue weighted by Gasteiger charge is 2.31. The molecule has 0 atom stereocenters. The Kier molecular flexibility index (Phi) is 8.10. The second-order valence-corrected chi connectivity index (χ2v) is 10.7. The largest absolute Gasteiger partial charge is 0.494 e. The molecule has 0 bridgehead atoms. The van der Waals surface area contributed by atoms with Gasteiger partial charge in [0.15, 0.2) is 9.84 Å². The summed E-state index contributed by atoms with van der Waals surface area (Å²) >= 11 is 6.21. The third kappa shape index (κ3) is 5.47. The number of nitrogens with zero attached hydrogens (tertiary/aromatic N) is 1. The van der Waals surface area contributed by atoms with Gasteiger partial charge in [0.1, 0.15) is 11.4 Å². The van der Waals surface area contributed by atoms with E-state index in [2.05, 4.69) is 0 Å². The van der Waals surface area contributed by atoms with Gasteiger partial charge in [-0.05, 0) is 62.4 Å². The number of sulfone groups is 1. The minimum Gasteiger partial charge on any atom is -0.494 e. The van der Waals surface area contributed by atoms with Crippen molar-refractivity contribution in [1.82, 2.24) is 4.57 Å². The number of aromatic nitrogens is 1. The molecule has 182 valence electrons. The molecule has 0 amide bonds. The average Bonchev–Trinajstić information content (AvgIpc) is 3.07. The van der Waals surface area contributed by atoms with Crippen LogP contribution in [-0.4, -0.2) is 30.7 Å². The number of halogens is 1. The lowest BCUT2D eigenvalue weighted by molar-refractivity contribution is 0.0682. The monoisotopic (exact) mass is 503 g/mol. The third-order valence-electron chi connectivity index (χ3n) is 5.83. The van der Waals surface area contributed by atoms with Crippen LogP contribution in [0.1, 0.15) is 51.8 Å². The Morgan fingerprint density at radius 3 is 2.26 bits per heavy atom. The summed E-state index contributed by atoms with van der Waals surface area (Å²) in [6.45, 7) is 7.96. The van der Waals surface area contributed by atoms with Crippen LogP contribution in [0.4, 0.5) is 0 Å². The first-order valence-electron chi connectivity index (χ1n) is 11.2. The maximum Gasteiger partial charge on any atom is 0.352 e. The first-order valence-corrected chi connectivity index (χ1v) is 13.2. The molecular formula is C26H30ClNO5S. The molecule has 1 heterocycles. The van der Waals surface area contributed by atoms with E-state index in [4.69, 9.17) is 16.3 Å². The van der Waals surface area contributed by atoms with Gasteiger partial charge in [-0.1, -0.05) is 48.9 Å². The summed E-state index contributed by atoms with van der Waals surface area (Å²) in [7, 11) is -3.74. The molecule has 0 aliphatic carbocycles. The van der Waals surface area contributed by atoms with Crippen molar-refractivity contribution in [1.29, 1.82) is 0 Å². The predicted octanol–water partition coefficient (Wildman–Crippen LogP) is 5.77. The van der Waals surface area contributed by atoms with Crippen LogP contribution >= 0.6 is 11.6 Å².